The Morgan fingerprint density at radius 3 is 0.962 bits per heavy atom. The molecule has 0 atom stereocenters. The van der Waals surface area contributed by atoms with Crippen molar-refractivity contribution in [3.63, 3.8) is 0 Å². The molecule has 0 rings (SSSR count). The molecule has 26 heavy (non-hydrogen) atoms. The van der Waals surface area contributed by atoms with E-state index < -0.39 is 0 Å². The first-order valence-corrected chi connectivity index (χ1v) is 10.7. The number of hydrogen-bond acceptors (Lipinski definition) is 2. The third-order valence-electron chi connectivity index (χ3n) is 4.83. The summed E-state index contributed by atoms with van der Waals surface area (Å²) in [6.45, 7) is 16.7. The smallest absolute Gasteiger partial charge is 0.223 e. The molecule has 0 fully saturated rings. The largest absolute Gasteiger partial charge is 0.338 e. The van der Waals surface area contributed by atoms with E-state index in [4.69, 9.17) is 0 Å². The second kappa shape index (κ2) is 13.2. The summed E-state index contributed by atoms with van der Waals surface area (Å²) in [5.41, 5.74) is 0. The quantitative estimate of drug-likeness (QED) is 0.408. The maximum absolute atomic E-state index is 12.3. The van der Waals surface area contributed by atoms with Gasteiger partial charge < -0.3 is 9.80 Å². The molecule has 0 saturated heterocycles. The van der Waals surface area contributed by atoms with Crippen molar-refractivity contribution >= 4 is 11.8 Å². The van der Waals surface area contributed by atoms with Gasteiger partial charge in [0.05, 0.1) is 0 Å². The number of carbonyl (C=O) groups is 2. The first-order chi connectivity index (χ1) is 12.1. The second-order valence-corrected chi connectivity index (χ2v) is 8.60. The van der Waals surface area contributed by atoms with Crippen LogP contribution in [0.25, 0.3) is 0 Å². The molecule has 0 unspecified atom stereocenters. The lowest BCUT2D eigenvalue weighted by atomic mass is 10.1. The lowest BCUT2D eigenvalue weighted by molar-refractivity contribution is -0.135. The van der Waals surface area contributed by atoms with Crippen molar-refractivity contribution in [2.45, 2.75) is 131 Å². The maximum atomic E-state index is 12.3. The summed E-state index contributed by atoms with van der Waals surface area (Å²) in [5, 5.41) is 0. The number of amides is 2. The first kappa shape index (κ1) is 24.9. The maximum Gasteiger partial charge on any atom is 0.223 e. The molecule has 0 aliphatic carbocycles. The van der Waals surface area contributed by atoms with Crippen LogP contribution in [0, 0.1) is 0 Å². The Morgan fingerprint density at radius 1 is 0.500 bits per heavy atom. The molecule has 154 valence electrons. The highest BCUT2D eigenvalue weighted by Crippen LogP contribution is 2.14. The number of hydrogen-bond donors (Lipinski definition) is 0. The van der Waals surface area contributed by atoms with E-state index >= 15 is 0 Å². The molecule has 0 aliphatic rings. The lowest BCUT2D eigenvalue weighted by Crippen LogP contribution is -2.41. The van der Waals surface area contributed by atoms with Gasteiger partial charge in [0.2, 0.25) is 11.8 Å². The molecule has 0 N–H and O–H groups in total. The molecule has 0 aromatic rings. The van der Waals surface area contributed by atoms with Gasteiger partial charge in [-0.1, -0.05) is 25.7 Å². The van der Waals surface area contributed by atoms with E-state index in [2.05, 4.69) is 55.4 Å². The van der Waals surface area contributed by atoms with Crippen molar-refractivity contribution < 1.29 is 9.59 Å². The fourth-order valence-electron chi connectivity index (χ4n) is 3.86. The van der Waals surface area contributed by atoms with Crippen molar-refractivity contribution in [3.8, 4) is 0 Å². The van der Waals surface area contributed by atoms with E-state index in [1.807, 2.05) is 9.80 Å². The van der Waals surface area contributed by atoms with Crippen LogP contribution >= 0.6 is 0 Å². The van der Waals surface area contributed by atoms with Gasteiger partial charge in [-0.3, -0.25) is 9.59 Å². The van der Waals surface area contributed by atoms with Gasteiger partial charge in [-0.05, 0) is 68.2 Å². The molecule has 2 amide bonds. The zero-order valence-corrected chi connectivity index (χ0v) is 18.7. The van der Waals surface area contributed by atoms with E-state index in [9.17, 15) is 9.59 Å². The Bertz CT molecular complexity index is 349. The zero-order chi connectivity index (χ0) is 20.3. The normalized spacial score (nSPS) is 11.7. The van der Waals surface area contributed by atoms with Gasteiger partial charge in [0, 0.05) is 37.0 Å². The summed E-state index contributed by atoms with van der Waals surface area (Å²) < 4.78 is 0. The van der Waals surface area contributed by atoms with Crippen LogP contribution in [0.1, 0.15) is 107 Å². The van der Waals surface area contributed by atoms with Crippen LogP contribution in [0.3, 0.4) is 0 Å². The molecular weight excluding hydrogens is 324 g/mol. The van der Waals surface area contributed by atoms with Crippen molar-refractivity contribution in [1.29, 1.82) is 0 Å². The van der Waals surface area contributed by atoms with E-state index in [1.165, 1.54) is 0 Å². The van der Waals surface area contributed by atoms with Crippen LogP contribution in [-0.2, 0) is 9.59 Å². The van der Waals surface area contributed by atoms with Crippen LogP contribution in [0.15, 0.2) is 0 Å². The third-order valence-corrected chi connectivity index (χ3v) is 4.83. The summed E-state index contributed by atoms with van der Waals surface area (Å²) in [4.78, 5) is 28.6. The Morgan fingerprint density at radius 2 is 0.731 bits per heavy atom. The molecule has 0 aromatic heterocycles. The lowest BCUT2D eigenvalue weighted by Gasteiger charge is -2.31. The van der Waals surface area contributed by atoms with Crippen LogP contribution in [0.2, 0.25) is 0 Å². The number of rotatable bonds is 13. The average molecular weight is 369 g/mol. The van der Waals surface area contributed by atoms with Gasteiger partial charge >= 0.3 is 0 Å². The van der Waals surface area contributed by atoms with Crippen molar-refractivity contribution in [1.82, 2.24) is 9.80 Å². The van der Waals surface area contributed by atoms with Gasteiger partial charge in [0.25, 0.3) is 0 Å². The van der Waals surface area contributed by atoms with E-state index in [-0.39, 0.29) is 36.0 Å². The highest BCUT2D eigenvalue weighted by atomic mass is 16.2. The van der Waals surface area contributed by atoms with Crippen LogP contribution in [0.5, 0.6) is 0 Å². The molecule has 0 radical (unpaired) electrons. The Balaban J connectivity index is 3.86. The molecule has 4 heteroatoms. The molecular formula is C22H44N2O2. The predicted molar refractivity (Wildman–Crippen MR) is 111 cm³/mol. The van der Waals surface area contributed by atoms with Crippen LogP contribution < -0.4 is 0 Å². The fraction of sp³-hybridized carbons (Fsp3) is 0.909. The highest BCUT2D eigenvalue weighted by Gasteiger charge is 2.20. The first-order valence-electron chi connectivity index (χ1n) is 10.7. The number of carbonyl (C=O) groups excluding carboxylic acids is 2. The Labute approximate surface area is 162 Å². The minimum Gasteiger partial charge on any atom is -0.338 e. The summed E-state index contributed by atoms with van der Waals surface area (Å²) in [6, 6.07) is 1.10. The standard InChI is InChI=1S/C22H44N2O2/c1-17(2)23(18(3)4)21(25)15-13-11-9-10-12-14-16-22(26)24(19(5)6)20(7)8/h17-20H,9-16H2,1-8H3. The topological polar surface area (TPSA) is 40.6 Å². The van der Waals surface area contributed by atoms with E-state index in [0.717, 1.165) is 38.5 Å². The van der Waals surface area contributed by atoms with E-state index in [0.29, 0.717) is 12.8 Å². The van der Waals surface area contributed by atoms with Crippen molar-refractivity contribution in [2.75, 3.05) is 0 Å². The predicted octanol–water partition coefficient (Wildman–Crippen LogP) is 5.40. The summed E-state index contributed by atoms with van der Waals surface area (Å²) in [5.74, 6) is 0.561. The van der Waals surface area contributed by atoms with E-state index in [1.54, 1.807) is 0 Å². The van der Waals surface area contributed by atoms with Crippen LogP contribution in [0.4, 0.5) is 0 Å². The minimum absolute atomic E-state index is 0.274. The Hall–Kier alpha value is -1.06. The van der Waals surface area contributed by atoms with Gasteiger partial charge in [-0.15, -0.1) is 0 Å². The SMILES string of the molecule is CC(C)N(C(=O)CCCCCCCCC(=O)N(C(C)C)C(C)C)C(C)C. The number of unbranched alkanes of at least 4 members (excludes halogenated alkanes) is 5. The summed E-state index contributed by atoms with van der Waals surface area (Å²) in [7, 11) is 0. The molecule has 0 saturated carbocycles. The van der Waals surface area contributed by atoms with Crippen molar-refractivity contribution in [3.05, 3.63) is 0 Å². The summed E-state index contributed by atoms with van der Waals surface area (Å²) >= 11 is 0. The summed E-state index contributed by atoms with van der Waals surface area (Å²) in [6.07, 6.45) is 7.79. The minimum atomic E-state index is 0.274. The van der Waals surface area contributed by atoms with Gasteiger partial charge in [0.1, 0.15) is 0 Å². The average Bonchev–Trinajstić information content (AvgIpc) is 2.48. The molecule has 0 spiro atoms. The number of nitrogens with zero attached hydrogens (tertiary/aromatic N) is 2. The zero-order valence-electron chi connectivity index (χ0n) is 18.7. The Kier molecular flexibility index (Phi) is 12.6. The molecule has 0 bridgehead atoms. The highest BCUT2D eigenvalue weighted by molar-refractivity contribution is 5.77. The monoisotopic (exact) mass is 368 g/mol. The van der Waals surface area contributed by atoms with Gasteiger partial charge in [0.15, 0.2) is 0 Å². The third kappa shape index (κ3) is 9.59. The van der Waals surface area contributed by atoms with Gasteiger partial charge in [-0.25, -0.2) is 0 Å². The second-order valence-electron chi connectivity index (χ2n) is 8.60. The molecule has 0 aromatic carbocycles. The molecule has 0 aliphatic heterocycles. The molecule has 0 heterocycles. The fourth-order valence-corrected chi connectivity index (χ4v) is 3.86. The van der Waals surface area contributed by atoms with Crippen LogP contribution in [-0.4, -0.2) is 45.8 Å². The van der Waals surface area contributed by atoms with Crippen molar-refractivity contribution in [2.24, 2.45) is 0 Å². The molecule has 4 nitrogen and oxygen atoms in total. The van der Waals surface area contributed by atoms with Gasteiger partial charge in [-0.2, -0.15) is 0 Å².